The van der Waals surface area contributed by atoms with Gasteiger partial charge in [-0.3, -0.25) is 15.1 Å². The van der Waals surface area contributed by atoms with Crippen LogP contribution in [0.3, 0.4) is 0 Å². The van der Waals surface area contributed by atoms with E-state index in [2.05, 4.69) is 11.6 Å². The summed E-state index contributed by atoms with van der Waals surface area (Å²) in [6, 6.07) is 2.98. The topological polar surface area (TPSA) is 56.0 Å². The summed E-state index contributed by atoms with van der Waals surface area (Å²) in [5.41, 5.74) is 0.509. The Morgan fingerprint density at radius 2 is 2.50 bits per heavy atom. The molecule has 62 valence electrons. The van der Waals surface area contributed by atoms with E-state index < -0.39 is 4.92 Å². The monoisotopic (exact) mass is 164 g/mol. The van der Waals surface area contributed by atoms with Crippen molar-refractivity contribution in [2.45, 2.75) is 6.42 Å². The zero-order chi connectivity index (χ0) is 8.97. The molecule has 1 heterocycles. The second kappa shape index (κ2) is 3.61. The standard InChI is InChI=1S/C8H8N2O2/c1-2-4-7-8(10(11)12)5-3-6-9-7/h2-3,5-6H,1,4H2. The number of nitrogens with zero attached hydrogens (tertiary/aromatic N) is 2. The third-order valence-electron chi connectivity index (χ3n) is 1.40. The Hall–Kier alpha value is -1.71. The van der Waals surface area contributed by atoms with Crippen molar-refractivity contribution in [2.24, 2.45) is 0 Å². The lowest BCUT2D eigenvalue weighted by Crippen LogP contribution is -1.96. The van der Waals surface area contributed by atoms with E-state index in [1.165, 1.54) is 12.3 Å². The molecule has 4 heteroatoms. The minimum Gasteiger partial charge on any atom is -0.258 e. The lowest BCUT2D eigenvalue weighted by atomic mass is 10.2. The molecule has 0 saturated heterocycles. The third-order valence-corrected chi connectivity index (χ3v) is 1.40. The Bertz CT molecular complexity index is 310. The predicted molar refractivity (Wildman–Crippen MR) is 44.8 cm³/mol. The van der Waals surface area contributed by atoms with Gasteiger partial charge in [0.15, 0.2) is 0 Å². The number of aromatic nitrogens is 1. The van der Waals surface area contributed by atoms with E-state index in [1.54, 1.807) is 12.1 Å². The molecule has 0 spiro atoms. The summed E-state index contributed by atoms with van der Waals surface area (Å²) < 4.78 is 0. The predicted octanol–water partition coefficient (Wildman–Crippen LogP) is 1.72. The van der Waals surface area contributed by atoms with Gasteiger partial charge < -0.3 is 0 Å². The van der Waals surface area contributed by atoms with E-state index in [4.69, 9.17) is 0 Å². The van der Waals surface area contributed by atoms with Crippen molar-refractivity contribution in [3.63, 3.8) is 0 Å². The van der Waals surface area contributed by atoms with Crippen LogP contribution in [0.25, 0.3) is 0 Å². The summed E-state index contributed by atoms with van der Waals surface area (Å²) in [4.78, 5) is 13.9. The molecular formula is C8H8N2O2. The molecule has 0 fully saturated rings. The van der Waals surface area contributed by atoms with Crippen LogP contribution in [0, 0.1) is 10.1 Å². The fraction of sp³-hybridized carbons (Fsp3) is 0.125. The Morgan fingerprint density at radius 3 is 3.08 bits per heavy atom. The molecule has 1 rings (SSSR count). The second-order valence-electron chi connectivity index (χ2n) is 2.22. The quantitative estimate of drug-likeness (QED) is 0.388. The first-order valence-electron chi connectivity index (χ1n) is 3.45. The highest BCUT2D eigenvalue weighted by Gasteiger charge is 2.11. The zero-order valence-electron chi connectivity index (χ0n) is 6.43. The number of hydrogen-bond donors (Lipinski definition) is 0. The second-order valence-corrected chi connectivity index (χ2v) is 2.22. The molecule has 1 aromatic heterocycles. The zero-order valence-corrected chi connectivity index (χ0v) is 6.43. The Kier molecular flexibility index (Phi) is 2.53. The Labute approximate surface area is 69.7 Å². The molecule has 0 bridgehead atoms. The summed E-state index contributed by atoms with van der Waals surface area (Å²) in [7, 11) is 0. The maximum atomic E-state index is 10.4. The molecule has 0 amide bonds. The molecule has 0 aliphatic rings. The minimum absolute atomic E-state index is 0.0531. The molecule has 0 aromatic carbocycles. The Balaban J connectivity index is 3.07. The normalized spacial score (nSPS) is 9.33. The number of hydrogen-bond acceptors (Lipinski definition) is 3. The SMILES string of the molecule is C=CCc1ncccc1[N+](=O)[O-]. The summed E-state index contributed by atoms with van der Waals surface area (Å²) in [5, 5.41) is 10.4. The molecule has 0 radical (unpaired) electrons. The smallest absolute Gasteiger partial charge is 0.258 e. The molecule has 0 aliphatic heterocycles. The number of pyridine rings is 1. The molecule has 1 aromatic rings. The highest BCUT2D eigenvalue weighted by atomic mass is 16.6. The minimum atomic E-state index is -0.439. The van der Waals surface area contributed by atoms with Crippen LogP contribution in [0.1, 0.15) is 5.69 Å². The van der Waals surface area contributed by atoms with E-state index in [9.17, 15) is 10.1 Å². The maximum absolute atomic E-state index is 10.4. The molecule has 4 nitrogen and oxygen atoms in total. The molecule has 0 atom stereocenters. The van der Waals surface area contributed by atoms with Crippen LogP contribution in [-0.4, -0.2) is 9.91 Å². The first kappa shape index (κ1) is 8.39. The largest absolute Gasteiger partial charge is 0.291 e. The van der Waals surface area contributed by atoms with Gasteiger partial charge in [0.2, 0.25) is 0 Å². The molecule has 0 N–H and O–H groups in total. The van der Waals surface area contributed by atoms with Crippen LogP contribution in [0.2, 0.25) is 0 Å². The first-order valence-corrected chi connectivity index (χ1v) is 3.45. The van der Waals surface area contributed by atoms with Gasteiger partial charge in [-0.05, 0) is 6.07 Å². The summed E-state index contributed by atoms with van der Waals surface area (Å²) in [6.07, 6.45) is 3.55. The van der Waals surface area contributed by atoms with Gasteiger partial charge in [0, 0.05) is 18.7 Å². The average Bonchev–Trinajstić information content (AvgIpc) is 2.05. The van der Waals surface area contributed by atoms with Gasteiger partial charge in [-0.1, -0.05) is 6.08 Å². The van der Waals surface area contributed by atoms with Gasteiger partial charge in [0.05, 0.1) is 4.92 Å². The van der Waals surface area contributed by atoms with E-state index >= 15 is 0 Å². The fourth-order valence-electron chi connectivity index (χ4n) is 0.890. The van der Waals surface area contributed by atoms with E-state index in [0.29, 0.717) is 12.1 Å². The van der Waals surface area contributed by atoms with Gasteiger partial charge >= 0.3 is 0 Å². The van der Waals surface area contributed by atoms with Gasteiger partial charge in [-0.2, -0.15) is 0 Å². The molecule has 0 aliphatic carbocycles. The van der Waals surface area contributed by atoms with E-state index in [-0.39, 0.29) is 5.69 Å². The van der Waals surface area contributed by atoms with Crippen molar-refractivity contribution >= 4 is 5.69 Å². The van der Waals surface area contributed by atoms with Crippen molar-refractivity contribution in [3.8, 4) is 0 Å². The van der Waals surface area contributed by atoms with Crippen LogP contribution in [0.15, 0.2) is 31.0 Å². The van der Waals surface area contributed by atoms with E-state index in [0.717, 1.165) is 0 Å². The summed E-state index contributed by atoms with van der Waals surface area (Å²) in [6.45, 7) is 3.49. The number of nitro groups is 1. The lowest BCUT2D eigenvalue weighted by molar-refractivity contribution is -0.385. The van der Waals surface area contributed by atoms with Crippen molar-refractivity contribution in [3.05, 3.63) is 46.8 Å². The Morgan fingerprint density at radius 1 is 1.75 bits per heavy atom. The van der Waals surface area contributed by atoms with Crippen molar-refractivity contribution < 1.29 is 4.92 Å². The van der Waals surface area contributed by atoms with Gasteiger partial charge in [-0.25, -0.2) is 0 Å². The summed E-state index contributed by atoms with van der Waals surface area (Å²) in [5.74, 6) is 0. The van der Waals surface area contributed by atoms with E-state index in [1.807, 2.05) is 0 Å². The van der Waals surface area contributed by atoms with Gasteiger partial charge in [-0.15, -0.1) is 6.58 Å². The van der Waals surface area contributed by atoms with Gasteiger partial charge in [0.25, 0.3) is 5.69 Å². The number of allylic oxidation sites excluding steroid dienone is 1. The molecular weight excluding hydrogens is 156 g/mol. The highest BCUT2D eigenvalue weighted by Crippen LogP contribution is 2.15. The van der Waals surface area contributed by atoms with Crippen LogP contribution in [0.5, 0.6) is 0 Å². The first-order chi connectivity index (χ1) is 5.75. The van der Waals surface area contributed by atoms with Crippen molar-refractivity contribution in [1.82, 2.24) is 4.98 Å². The van der Waals surface area contributed by atoms with Crippen LogP contribution >= 0.6 is 0 Å². The van der Waals surface area contributed by atoms with Crippen LogP contribution in [0.4, 0.5) is 5.69 Å². The maximum Gasteiger partial charge on any atom is 0.291 e. The van der Waals surface area contributed by atoms with Crippen molar-refractivity contribution in [1.29, 1.82) is 0 Å². The summed E-state index contributed by atoms with van der Waals surface area (Å²) >= 11 is 0. The fourth-order valence-corrected chi connectivity index (χ4v) is 0.890. The highest BCUT2D eigenvalue weighted by molar-refractivity contribution is 5.35. The van der Waals surface area contributed by atoms with Gasteiger partial charge in [0.1, 0.15) is 5.69 Å². The third kappa shape index (κ3) is 1.66. The molecule has 12 heavy (non-hydrogen) atoms. The van der Waals surface area contributed by atoms with Crippen LogP contribution in [-0.2, 0) is 6.42 Å². The molecule has 0 saturated carbocycles. The lowest BCUT2D eigenvalue weighted by Gasteiger charge is -1.96. The average molecular weight is 164 g/mol. The molecule has 0 unspecified atom stereocenters. The van der Waals surface area contributed by atoms with Crippen LogP contribution < -0.4 is 0 Å². The number of rotatable bonds is 3. The van der Waals surface area contributed by atoms with Crippen molar-refractivity contribution in [2.75, 3.05) is 0 Å².